The van der Waals surface area contributed by atoms with E-state index < -0.39 is 11.4 Å². The molecular formula is C17H26N4O4. The number of ether oxygens (including phenoxy) is 1. The average molecular weight is 350 g/mol. The molecule has 0 aliphatic carbocycles. The van der Waals surface area contributed by atoms with Gasteiger partial charge < -0.3 is 24.7 Å². The van der Waals surface area contributed by atoms with Gasteiger partial charge in [0.2, 0.25) is 5.95 Å². The fourth-order valence-electron chi connectivity index (χ4n) is 3.15. The number of aromatic nitrogens is 2. The van der Waals surface area contributed by atoms with Gasteiger partial charge in [0.25, 0.3) is 0 Å². The number of hydrogen-bond donors (Lipinski definition) is 2. The number of carboxylic acid groups (broad SMARTS) is 1. The second-order valence-corrected chi connectivity index (χ2v) is 7.16. The van der Waals surface area contributed by atoms with Crippen molar-refractivity contribution >= 4 is 17.7 Å². The van der Waals surface area contributed by atoms with Gasteiger partial charge in [-0.25, -0.2) is 4.98 Å². The summed E-state index contributed by atoms with van der Waals surface area (Å²) in [7, 11) is 0. The van der Waals surface area contributed by atoms with Gasteiger partial charge in [0.05, 0.1) is 24.7 Å². The smallest absolute Gasteiger partial charge is 0.313 e. The molecule has 8 heteroatoms. The Hall–Kier alpha value is -1.93. The first-order valence-corrected chi connectivity index (χ1v) is 8.76. The molecule has 0 bridgehead atoms. The minimum Gasteiger partial charge on any atom is -0.481 e. The van der Waals surface area contributed by atoms with Crippen molar-refractivity contribution in [3.05, 3.63) is 11.8 Å². The normalized spacial score (nSPS) is 20.0. The molecule has 0 unspecified atom stereocenters. The zero-order chi connectivity index (χ0) is 18.0. The Morgan fingerprint density at radius 2 is 1.84 bits per heavy atom. The molecule has 2 aliphatic rings. The molecule has 0 saturated carbocycles. The van der Waals surface area contributed by atoms with Crippen LogP contribution >= 0.6 is 0 Å². The van der Waals surface area contributed by atoms with Gasteiger partial charge in [0.1, 0.15) is 5.82 Å². The van der Waals surface area contributed by atoms with Crippen LogP contribution in [0.2, 0.25) is 0 Å². The van der Waals surface area contributed by atoms with E-state index in [1.54, 1.807) is 20.0 Å². The molecule has 0 atom stereocenters. The van der Waals surface area contributed by atoms with Crippen molar-refractivity contribution < 1.29 is 19.7 Å². The fraction of sp³-hybridized carbons (Fsp3) is 0.706. The van der Waals surface area contributed by atoms with E-state index in [-0.39, 0.29) is 6.10 Å². The van der Waals surface area contributed by atoms with Crippen LogP contribution in [0.1, 0.15) is 32.3 Å². The lowest BCUT2D eigenvalue weighted by Crippen LogP contribution is -2.41. The number of piperidine rings is 1. The van der Waals surface area contributed by atoms with E-state index in [1.807, 2.05) is 4.90 Å². The highest BCUT2D eigenvalue weighted by Crippen LogP contribution is 2.33. The summed E-state index contributed by atoms with van der Waals surface area (Å²) in [5.74, 6) is 0.365. The van der Waals surface area contributed by atoms with Crippen molar-refractivity contribution in [1.29, 1.82) is 0 Å². The van der Waals surface area contributed by atoms with Gasteiger partial charge in [-0.05, 0) is 26.7 Å². The van der Waals surface area contributed by atoms with Gasteiger partial charge in [-0.15, -0.1) is 0 Å². The molecule has 1 aromatic rings. The summed E-state index contributed by atoms with van der Waals surface area (Å²) in [5.41, 5.74) is -0.466. The quantitative estimate of drug-likeness (QED) is 0.816. The van der Waals surface area contributed by atoms with E-state index in [0.29, 0.717) is 69.6 Å². The van der Waals surface area contributed by atoms with Crippen LogP contribution in [0.25, 0.3) is 0 Å². The molecule has 2 saturated heterocycles. The third kappa shape index (κ3) is 3.69. The number of nitrogens with zero attached hydrogens (tertiary/aromatic N) is 4. The zero-order valence-corrected chi connectivity index (χ0v) is 14.8. The van der Waals surface area contributed by atoms with Gasteiger partial charge in [-0.1, -0.05) is 0 Å². The molecule has 25 heavy (non-hydrogen) atoms. The third-order valence-electron chi connectivity index (χ3n) is 5.02. The molecule has 2 N–H and O–H groups in total. The molecule has 8 nitrogen and oxygen atoms in total. The molecule has 138 valence electrons. The number of aliphatic carboxylic acids is 1. The molecule has 3 heterocycles. The fourth-order valence-corrected chi connectivity index (χ4v) is 3.15. The van der Waals surface area contributed by atoms with Crippen molar-refractivity contribution in [3.8, 4) is 0 Å². The Balaban J connectivity index is 1.96. The summed E-state index contributed by atoms with van der Waals surface area (Å²) >= 11 is 0. The second kappa shape index (κ2) is 7.13. The molecule has 0 amide bonds. The summed E-state index contributed by atoms with van der Waals surface area (Å²) in [6.07, 6.45) is 2.77. The lowest BCUT2D eigenvalue weighted by Gasteiger charge is -2.34. The van der Waals surface area contributed by atoms with Crippen molar-refractivity contribution in [3.63, 3.8) is 0 Å². The highest BCUT2D eigenvalue weighted by molar-refractivity contribution is 5.82. The standard InChI is InChI=1S/C17H26N4O4/c1-17(2,15(23)24)13-11-18-16(21-5-3-12(22)4-6-21)19-14(13)20-7-9-25-10-8-20/h11-12,22H,3-10H2,1-2H3,(H,23,24). The van der Waals surface area contributed by atoms with Gasteiger partial charge >= 0.3 is 5.97 Å². The van der Waals surface area contributed by atoms with Crippen LogP contribution in [0, 0.1) is 0 Å². The highest BCUT2D eigenvalue weighted by Gasteiger charge is 2.35. The van der Waals surface area contributed by atoms with Crippen molar-refractivity contribution in [2.24, 2.45) is 0 Å². The van der Waals surface area contributed by atoms with Gasteiger partial charge in [0.15, 0.2) is 0 Å². The molecule has 1 aromatic heterocycles. The summed E-state index contributed by atoms with van der Waals surface area (Å²) in [5, 5.41) is 19.3. The molecule has 0 spiro atoms. The number of aliphatic hydroxyl groups is 1. The lowest BCUT2D eigenvalue weighted by molar-refractivity contribution is -0.142. The zero-order valence-electron chi connectivity index (χ0n) is 14.8. The Morgan fingerprint density at radius 3 is 2.44 bits per heavy atom. The van der Waals surface area contributed by atoms with E-state index in [2.05, 4.69) is 9.88 Å². The Bertz CT molecular complexity index is 623. The maximum atomic E-state index is 11.7. The lowest BCUT2D eigenvalue weighted by atomic mass is 9.85. The Labute approximate surface area is 147 Å². The van der Waals surface area contributed by atoms with E-state index in [4.69, 9.17) is 9.72 Å². The SMILES string of the molecule is CC(C)(C(=O)O)c1cnc(N2CCC(O)CC2)nc1N1CCOCC1. The summed E-state index contributed by atoms with van der Waals surface area (Å²) < 4.78 is 5.41. The number of carbonyl (C=O) groups is 1. The van der Waals surface area contributed by atoms with Crippen molar-refractivity contribution in [1.82, 2.24) is 9.97 Å². The third-order valence-corrected chi connectivity index (χ3v) is 5.02. The first-order chi connectivity index (χ1) is 11.9. The highest BCUT2D eigenvalue weighted by atomic mass is 16.5. The minimum absolute atomic E-state index is 0.264. The molecule has 3 rings (SSSR count). The number of anilines is 2. The second-order valence-electron chi connectivity index (χ2n) is 7.16. The van der Waals surface area contributed by atoms with E-state index >= 15 is 0 Å². The predicted molar refractivity (Wildman–Crippen MR) is 93.2 cm³/mol. The molecular weight excluding hydrogens is 324 g/mol. The average Bonchev–Trinajstić information content (AvgIpc) is 2.62. The van der Waals surface area contributed by atoms with Crippen LogP contribution in [0.3, 0.4) is 0 Å². The number of morpholine rings is 1. The van der Waals surface area contributed by atoms with E-state index in [9.17, 15) is 15.0 Å². The summed E-state index contributed by atoms with van der Waals surface area (Å²) in [6.45, 7) is 7.31. The summed E-state index contributed by atoms with van der Waals surface area (Å²) in [6, 6.07) is 0. The van der Waals surface area contributed by atoms with Crippen LogP contribution in [0.15, 0.2) is 6.20 Å². The van der Waals surface area contributed by atoms with Gasteiger partial charge in [-0.2, -0.15) is 4.98 Å². The molecule has 0 radical (unpaired) electrons. The molecule has 2 fully saturated rings. The minimum atomic E-state index is -1.08. The maximum Gasteiger partial charge on any atom is 0.313 e. The first kappa shape index (κ1) is 17.9. The Morgan fingerprint density at radius 1 is 1.20 bits per heavy atom. The number of carboxylic acids is 1. The largest absolute Gasteiger partial charge is 0.481 e. The van der Waals surface area contributed by atoms with Crippen molar-refractivity contribution in [2.75, 3.05) is 49.2 Å². The molecule has 2 aliphatic heterocycles. The van der Waals surface area contributed by atoms with Crippen LogP contribution < -0.4 is 9.80 Å². The monoisotopic (exact) mass is 350 g/mol. The van der Waals surface area contributed by atoms with Crippen LogP contribution in [-0.2, 0) is 14.9 Å². The Kier molecular flexibility index (Phi) is 5.10. The van der Waals surface area contributed by atoms with Gasteiger partial charge in [-0.3, -0.25) is 4.79 Å². The summed E-state index contributed by atoms with van der Waals surface area (Å²) in [4.78, 5) is 25.0. The number of rotatable bonds is 4. The first-order valence-electron chi connectivity index (χ1n) is 8.76. The van der Waals surface area contributed by atoms with E-state index in [0.717, 1.165) is 0 Å². The number of aliphatic hydroxyl groups excluding tert-OH is 1. The van der Waals surface area contributed by atoms with Crippen molar-refractivity contribution in [2.45, 2.75) is 38.2 Å². The van der Waals surface area contributed by atoms with Crippen LogP contribution in [0.5, 0.6) is 0 Å². The predicted octanol–water partition coefficient (Wildman–Crippen LogP) is 0.636. The molecule has 0 aromatic carbocycles. The topological polar surface area (TPSA) is 99.0 Å². The van der Waals surface area contributed by atoms with Gasteiger partial charge in [0, 0.05) is 37.9 Å². The van der Waals surface area contributed by atoms with Crippen LogP contribution in [-0.4, -0.2) is 71.6 Å². The van der Waals surface area contributed by atoms with E-state index in [1.165, 1.54) is 0 Å². The van der Waals surface area contributed by atoms with Crippen LogP contribution in [0.4, 0.5) is 11.8 Å². The maximum absolute atomic E-state index is 11.7. The number of hydrogen-bond acceptors (Lipinski definition) is 7.